The molecular formula is C19H25N3O. The minimum absolute atomic E-state index is 0.0636. The van der Waals surface area contributed by atoms with Crippen LogP contribution in [0.25, 0.3) is 0 Å². The lowest BCUT2D eigenvalue weighted by Gasteiger charge is -2.09. The van der Waals surface area contributed by atoms with Gasteiger partial charge in [-0.05, 0) is 55.7 Å². The average Bonchev–Trinajstić information content (AvgIpc) is 2.55. The first-order chi connectivity index (χ1) is 11.1. The Morgan fingerprint density at radius 3 is 2.57 bits per heavy atom. The summed E-state index contributed by atoms with van der Waals surface area (Å²) in [6.07, 6.45) is 4.91. The van der Waals surface area contributed by atoms with Crippen LogP contribution in [0.4, 0.5) is 11.5 Å². The van der Waals surface area contributed by atoms with Crippen LogP contribution in [0.1, 0.15) is 47.7 Å². The molecule has 0 atom stereocenters. The summed E-state index contributed by atoms with van der Waals surface area (Å²) >= 11 is 0. The molecule has 1 amide bonds. The van der Waals surface area contributed by atoms with Gasteiger partial charge in [-0.1, -0.05) is 25.8 Å². The van der Waals surface area contributed by atoms with Gasteiger partial charge in [0.2, 0.25) is 0 Å². The average molecular weight is 311 g/mol. The van der Waals surface area contributed by atoms with Crippen LogP contribution in [-0.2, 0) is 0 Å². The number of carbonyl (C=O) groups excluding carboxylic acids is 1. The zero-order valence-electron chi connectivity index (χ0n) is 14.1. The Kier molecular flexibility index (Phi) is 6.15. The number of rotatable bonds is 7. The van der Waals surface area contributed by atoms with Crippen molar-refractivity contribution in [2.75, 3.05) is 11.9 Å². The van der Waals surface area contributed by atoms with E-state index >= 15 is 0 Å². The maximum atomic E-state index is 12.0. The lowest BCUT2D eigenvalue weighted by molar-refractivity contribution is 0.0952. The number of nitrogens with zero attached hydrogens (tertiary/aromatic N) is 1. The minimum Gasteiger partial charge on any atom is -0.352 e. The number of carbonyl (C=O) groups is 1. The molecule has 4 nitrogen and oxygen atoms in total. The number of benzene rings is 1. The van der Waals surface area contributed by atoms with E-state index in [-0.39, 0.29) is 5.91 Å². The van der Waals surface area contributed by atoms with Gasteiger partial charge in [-0.15, -0.1) is 0 Å². The summed E-state index contributed by atoms with van der Waals surface area (Å²) in [5.41, 5.74) is 4.08. The van der Waals surface area contributed by atoms with E-state index in [1.165, 1.54) is 11.1 Å². The van der Waals surface area contributed by atoms with E-state index in [0.717, 1.165) is 37.3 Å². The quantitative estimate of drug-likeness (QED) is 0.747. The predicted molar refractivity (Wildman–Crippen MR) is 95.3 cm³/mol. The van der Waals surface area contributed by atoms with Crippen molar-refractivity contribution in [1.82, 2.24) is 10.3 Å². The van der Waals surface area contributed by atoms with Crippen LogP contribution in [0.2, 0.25) is 0 Å². The van der Waals surface area contributed by atoms with Crippen molar-refractivity contribution in [3.63, 3.8) is 0 Å². The van der Waals surface area contributed by atoms with Crippen LogP contribution >= 0.6 is 0 Å². The first kappa shape index (κ1) is 17.0. The summed E-state index contributed by atoms with van der Waals surface area (Å²) in [7, 11) is 0. The number of hydrogen-bond donors (Lipinski definition) is 2. The van der Waals surface area contributed by atoms with Crippen LogP contribution in [0, 0.1) is 13.8 Å². The maximum Gasteiger partial charge on any atom is 0.252 e. The second-order valence-corrected chi connectivity index (χ2v) is 5.82. The van der Waals surface area contributed by atoms with Crippen LogP contribution in [0.3, 0.4) is 0 Å². The highest BCUT2D eigenvalue weighted by Crippen LogP contribution is 2.18. The molecule has 1 heterocycles. The van der Waals surface area contributed by atoms with Crippen LogP contribution in [-0.4, -0.2) is 17.4 Å². The van der Waals surface area contributed by atoms with Gasteiger partial charge in [0.15, 0.2) is 0 Å². The molecule has 0 aliphatic rings. The summed E-state index contributed by atoms with van der Waals surface area (Å²) < 4.78 is 0. The Hall–Kier alpha value is -2.36. The SMILES string of the molecule is CCCCCNC(=O)c1ccc(Nc2ccc(C)c(C)c2)nc1. The number of pyridine rings is 1. The van der Waals surface area contributed by atoms with Crippen molar-refractivity contribution in [3.05, 3.63) is 53.2 Å². The number of aryl methyl sites for hydroxylation is 2. The van der Waals surface area contributed by atoms with E-state index in [1.54, 1.807) is 12.3 Å². The molecule has 2 aromatic rings. The Morgan fingerprint density at radius 1 is 1.09 bits per heavy atom. The number of hydrogen-bond acceptors (Lipinski definition) is 3. The standard InChI is InChI=1S/C19H25N3O/c1-4-5-6-11-20-19(23)16-8-10-18(21-13-16)22-17-9-7-14(2)15(3)12-17/h7-10,12-13H,4-6,11H2,1-3H3,(H,20,23)(H,21,22). The molecule has 23 heavy (non-hydrogen) atoms. The lowest BCUT2D eigenvalue weighted by atomic mass is 10.1. The van der Waals surface area contributed by atoms with Crippen molar-refractivity contribution in [1.29, 1.82) is 0 Å². The molecule has 4 heteroatoms. The van der Waals surface area contributed by atoms with Crippen LogP contribution in [0.15, 0.2) is 36.5 Å². The zero-order chi connectivity index (χ0) is 16.7. The third kappa shape index (κ3) is 5.09. The zero-order valence-corrected chi connectivity index (χ0v) is 14.1. The van der Waals surface area contributed by atoms with E-state index in [2.05, 4.69) is 48.5 Å². The van der Waals surface area contributed by atoms with E-state index < -0.39 is 0 Å². The largest absolute Gasteiger partial charge is 0.352 e. The second-order valence-electron chi connectivity index (χ2n) is 5.82. The Labute approximate surface area is 138 Å². The first-order valence-electron chi connectivity index (χ1n) is 8.18. The number of anilines is 2. The smallest absolute Gasteiger partial charge is 0.252 e. The molecule has 122 valence electrons. The molecule has 0 fully saturated rings. The van der Waals surface area contributed by atoms with E-state index in [9.17, 15) is 4.79 Å². The molecule has 0 spiro atoms. The van der Waals surface area contributed by atoms with Gasteiger partial charge in [-0.3, -0.25) is 4.79 Å². The second kappa shape index (κ2) is 8.32. The number of nitrogens with one attached hydrogen (secondary N) is 2. The molecule has 0 radical (unpaired) electrons. The fourth-order valence-corrected chi connectivity index (χ4v) is 2.25. The van der Waals surface area contributed by atoms with Crippen LogP contribution in [0.5, 0.6) is 0 Å². The summed E-state index contributed by atoms with van der Waals surface area (Å²) in [5, 5.41) is 6.17. The van der Waals surface area contributed by atoms with Gasteiger partial charge < -0.3 is 10.6 Å². The third-order valence-electron chi connectivity index (χ3n) is 3.87. The van der Waals surface area contributed by atoms with E-state index in [1.807, 2.05) is 12.1 Å². The number of unbranched alkanes of at least 4 members (excludes halogenated alkanes) is 2. The molecule has 2 rings (SSSR count). The summed E-state index contributed by atoms with van der Waals surface area (Å²) in [4.78, 5) is 16.3. The van der Waals surface area contributed by atoms with E-state index in [4.69, 9.17) is 0 Å². The van der Waals surface area contributed by atoms with Crippen molar-refractivity contribution >= 4 is 17.4 Å². The molecule has 0 unspecified atom stereocenters. The fourth-order valence-electron chi connectivity index (χ4n) is 2.25. The van der Waals surface area contributed by atoms with Gasteiger partial charge in [-0.25, -0.2) is 4.98 Å². The molecule has 1 aromatic carbocycles. The molecule has 0 saturated carbocycles. The topological polar surface area (TPSA) is 54.0 Å². The minimum atomic E-state index is -0.0636. The van der Waals surface area contributed by atoms with Crippen molar-refractivity contribution in [2.24, 2.45) is 0 Å². The predicted octanol–water partition coefficient (Wildman–Crippen LogP) is 4.36. The Bertz CT molecular complexity index is 650. The van der Waals surface area contributed by atoms with Crippen LogP contribution < -0.4 is 10.6 Å². The summed E-state index contributed by atoms with van der Waals surface area (Å²) in [6, 6.07) is 9.82. The van der Waals surface area contributed by atoms with Crippen molar-refractivity contribution in [3.8, 4) is 0 Å². The molecule has 0 aliphatic heterocycles. The first-order valence-corrected chi connectivity index (χ1v) is 8.18. The molecule has 0 aliphatic carbocycles. The Balaban J connectivity index is 1.93. The summed E-state index contributed by atoms with van der Waals surface area (Å²) in [5.74, 6) is 0.669. The molecule has 0 bridgehead atoms. The number of amides is 1. The normalized spacial score (nSPS) is 10.4. The molecular weight excluding hydrogens is 286 g/mol. The highest BCUT2D eigenvalue weighted by Gasteiger charge is 2.05. The molecule has 2 N–H and O–H groups in total. The maximum absolute atomic E-state index is 12.0. The van der Waals surface area contributed by atoms with Crippen molar-refractivity contribution < 1.29 is 4.79 Å². The lowest BCUT2D eigenvalue weighted by Crippen LogP contribution is -2.24. The van der Waals surface area contributed by atoms with Gasteiger partial charge >= 0.3 is 0 Å². The highest BCUT2D eigenvalue weighted by atomic mass is 16.1. The fraction of sp³-hybridized carbons (Fsp3) is 0.368. The van der Waals surface area contributed by atoms with Gasteiger partial charge in [0.05, 0.1) is 5.56 Å². The monoisotopic (exact) mass is 311 g/mol. The van der Waals surface area contributed by atoms with Gasteiger partial charge in [0.25, 0.3) is 5.91 Å². The third-order valence-corrected chi connectivity index (χ3v) is 3.87. The Morgan fingerprint density at radius 2 is 1.91 bits per heavy atom. The number of aromatic nitrogens is 1. The molecule has 0 saturated heterocycles. The van der Waals surface area contributed by atoms with Gasteiger partial charge in [0, 0.05) is 18.4 Å². The molecule has 1 aromatic heterocycles. The highest BCUT2D eigenvalue weighted by molar-refractivity contribution is 5.94. The van der Waals surface area contributed by atoms with Gasteiger partial charge in [0.1, 0.15) is 5.82 Å². The van der Waals surface area contributed by atoms with E-state index in [0.29, 0.717) is 5.56 Å². The summed E-state index contributed by atoms with van der Waals surface area (Å²) in [6.45, 7) is 7.04. The van der Waals surface area contributed by atoms with Crippen molar-refractivity contribution in [2.45, 2.75) is 40.0 Å². The van der Waals surface area contributed by atoms with Gasteiger partial charge in [-0.2, -0.15) is 0 Å².